The molecule has 2 aliphatic rings. The van der Waals surface area contributed by atoms with E-state index in [-0.39, 0.29) is 17.7 Å². The van der Waals surface area contributed by atoms with E-state index in [1.54, 1.807) is 0 Å². The molecule has 146 valence electrons. The van der Waals surface area contributed by atoms with Crippen molar-refractivity contribution >= 4 is 23.4 Å². The SMILES string of the molecule is O=C(Cc1ccc(Cl)cc1)N1CCCN(C(=O)C2CC2c2ccccc2)CC1. The first kappa shape index (κ1) is 19.0. The highest BCUT2D eigenvalue weighted by molar-refractivity contribution is 6.30. The maximum absolute atomic E-state index is 12.9. The second-order valence-electron chi connectivity index (χ2n) is 7.72. The van der Waals surface area contributed by atoms with Crippen molar-refractivity contribution in [3.05, 3.63) is 70.7 Å². The second kappa shape index (κ2) is 8.36. The second-order valence-corrected chi connectivity index (χ2v) is 8.16. The summed E-state index contributed by atoms with van der Waals surface area (Å²) in [7, 11) is 0. The highest BCUT2D eigenvalue weighted by Crippen LogP contribution is 2.48. The van der Waals surface area contributed by atoms with Gasteiger partial charge in [0, 0.05) is 37.1 Å². The van der Waals surface area contributed by atoms with Crippen LogP contribution >= 0.6 is 11.6 Å². The van der Waals surface area contributed by atoms with E-state index in [2.05, 4.69) is 12.1 Å². The number of hydrogen-bond donors (Lipinski definition) is 0. The van der Waals surface area contributed by atoms with E-state index < -0.39 is 0 Å². The van der Waals surface area contributed by atoms with Gasteiger partial charge in [-0.05, 0) is 42.0 Å². The van der Waals surface area contributed by atoms with Crippen LogP contribution in [0.25, 0.3) is 0 Å². The van der Waals surface area contributed by atoms with Crippen molar-refractivity contribution in [3.63, 3.8) is 0 Å². The van der Waals surface area contributed by atoms with Gasteiger partial charge < -0.3 is 9.80 Å². The van der Waals surface area contributed by atoms with Crippen LogP contribution in [0.3, 0.4) is 0 Å². The summed E-state index contributed by atoms with van der Waals surface area (Å²) in [5.74, 6) is 0.837. The Labute approximate surface area is 171 Å². The summed E-state index contributed by atoms with van der Waals surface area (Å²) in [5.41, 5.74) is 2.23. The molecule has 2 aromatic carbocycles. The highest BCUT2D eigenvalue weighted by Gasteiger charge is 2.45. The van der Waals surface area contributed by atoms with Gasteiger partial charge in [0.1, 0.15) is 0 Å². The Morgan fingerprint density at radius 3 is 2.32 bits per heavy atom. The molecule has 1 saturated carbocycles. The number of amides is 2. The molecule has 0 spiro atoms. The minimum atomic E-state index is 0.110. The van der Waals surface area contributed by atoms with Crippen LogP contribution in [0, 0.1) is 5.92 Å². The zero-order valence-electron chi connectivity index (χ0n) is 15.9. The van der Waals surface area contributed by atoms with Crippen LogP contribution in [0.2, 0.25) is 5.02 Å². The number of carbonyl (C=O) groups is 2. The number of rotatable bonds is 4. The Kier molecular flexibility index (Phi) is 5.67. The summed E-state index contributed by atoms with van der Waals surface area (Å²) >= 11 is 5.91. The van der Waals surface area contributed by atoms with E-state index >= 15 is 0 Å². The van der Waals surface area contributed by atoms with E-state index in [1.165, 1.54) is 5.56 Å². The fourth-order valence-corrected chi connectivity index (χ4v) is 4.17. The van der Waals surface area contributed by atoms with Crippen LogP contribution in [0.1, 0.15) is 29.9 Å². The Hall–Kier alpha value is -2.33. The largest absolute Gasteiger partial charge is 0.341 e. The van der Waals surface area contributed by atoms with E-state index in [0.717, 1.165) is 24.9 Å². The fraction of sp³-hybridized carbons (Fsp3) is 0.391. The molecular formula is C23H25ClN2O2. The predicted molar refractivity (Wildman–Crippen MR) is 110 cm³/mol. The van der Waals surface area contributed by atoms with Crippen molar-refractivity contribution in [2.45, 2.75) is 25.2 Å². The number of carbonyl (C=O) groups excluding carboxylic acids is 2. The molecule has 0 N–H and O–H groups in total. The zero-order chi connectivity index (χ0) is 19.5. The van der Waals surface area contributed by atoms with Crippen LogP contribution in [-0.2, 0) is 16.0 Å². The van der Waals surface area contributed by atoms with Gasteiger partial charge in [0.2, 0.25) is 11.8 Å². The monoisotopic (exact) mass is 396 g/mol. The standard InChI is InChI=1S/C23H25ClN2O2/c24-19-9-7-17(8-10-19)15-22(27)25-11-4-12-26(14-13-25)23(28)21-16-20(21)18-5-2-1-3-6-18/h1-3,5-10,20-21H,4,11-16H2. The van der Waals surface area contributed by atoms with Gasteiger partial charge in [-0.3, -0.25) is 9.59 Å². The molecule has 1 aliphatic heterocycles. The smallest absolute Gasteiger partial charge is 0.227 e. The van der Waals surface area contributed by atoms with Gasteiger partial charge in [-0.15, -0.1) is 0 Å². The van der Waals surface area contributed by atoms with E-state index in [0.29, 0.717) is 37.0 Å². The molecule has 2 amide bonds. The van der Waals surface area contributed by atoms with Gasteiger partial charge in [-0.1, -0.05) is 54.1 Å². The van der Waals surface area contributed by atoms with Gasteiger partial charge in [0.25, 0.3) is 0 Å². The van der Waals surface area contributed by atoms with Crippen LogP contribution in [0.4, 0.5) is 0 Å². The molecule has 4 rings (SSSR count). The van der Waals surface area contributed by atoms with Crippen molar-refractivity contribution in [3.8, 4) is 0 Å². The van der Waals surface area contributed by atoms with Crippen molar-refractivity contribution in [2.24, 2.45) is 5.92 Å². The lowest BCUT2D eigenvalue weighted by atomic mass is 10.1. The van der Waals surface area contributed by atoms with E-state index in [9.17, 15) is 9.59 Å². The number of halogens is 1. The fourth-order valence-electron chi connectivity index (χ4n) is 4.05. The quantitative estimate of drug-likeness (QED) is 0.789. The highest BCUT2D eigenvalue weighted by atomic mass is 35.5. The summed E-state index contributed by atoms with van der Waals surface area (Å²) in [5, 5.41) is 0.675. The summed E-state index contributed by atoms with van der Waals surface area (Å²) in [6.07, 6.45) is 2.16. The molecule has 0 radical (unpaired) electrons. The van der Waals surface area contributed by atoms with Gasteiger partial charge >= 0.3 is 0 Å². The predicted octanol–water partition coefficient (Wildman–Crippen LogP) is 3.75. The Morgan fingerprint density at radius 2 is 1.57 bits per heavy atom. The minimum absolute atomic E-state index is 0.110. The molecule has 2 unspecified atom stereocenters. The van der Waals surface area contributed by atoms with E-state index in [4.69, 9.17) is 11.6 Å². The lowest BCUT2D eigenvalue weighted by Crippen LogP contribution is -2.38. The molecule has 1 heterocycles. The van der Waals surface area contributed by atoms with Gasteiger partial charge in [0.05, 0.1) is 6.42 Å². The first-order valence-electron chi connectivity index (χ1n) is 9.98. The Balaban J connectivity index is 1.30. The first-order valence-corrected chi connectivity index (χ1v) is 10.4. The summed E-state index contributed by atoms with van der Waals surface area (Å²) in [6.45, 7) is 2.69. The molecule has 2 fully saturated rings. The van der Waals surface area contributed by atoms with E-state index in [1.807, 2.05) is 52.3 Å². The number of benzene rings is 2. The third-order valence-corrected chi connectivity index (χ3v) is 6.02. The van der Waals surface area contributed by atoms with Crippen molar-refractivity contribution in [1.29, 1.82) is 0 Å². The third kappa shape index (κ3) is 4.39. The van der Waals surface area contributed by atoms with Crippen LogP contribution in [0.5, 0.6) is 0 Å². The molecule has 28 heavy (non-hydrogen) atoms. The molecule has 5 heteroatoms. The van der Waals surface area contributed by atoms with Crippen molar-refractivity contribution < 1.29 is 9.59 Å². The molecule has 1 saturated heterocycles. The lowest BCUT2D eigenvalue weighted by Gasteiger charge is -2.22. The maximum atomic E-state index is 12.9. The molecular weight excluding hydrogens is 372 g/mol. The summed E-state index contributed by atoms with van der Waals surface area (Å²) in [4.78, 5) is 29.4. The van der Waals surface area contributed by atoms with Gasteiger partial charge in [-0.25, -0.2) is 0 Å². The lowest BCUT2D eigenvalue weighted by molar-refractivity contribution is -0.134. The minimum Gasteiger partial charge on any atom is -0.341 e. The van der Waals surface area contributed by atoms with Crippen LogP contribution < -0.4 is 0 Å². The average molecular weight is 397 g/mol. The normalized spacial score (nSPS) is 21.9. The molecule has 0 bridgehead atoms. The van der Waals surface area contributed by atoms with Crippen LogP contribution in [-0.4, -0.2) is 47.8 Å². The van der Waals surface area contributed by atoms with Gasteiger partial charge in [-0.2, -0.15) is 0 Å². The number of hydrogen-bond acceptors (Lipinski definition) is 2. The summed E-state index contributed by atoms with van der Waals surface area (Å²) < 4.78 is 0. The van der Waals surface area contributed by atoms with Crippen molar-refractivity contribution in [2.75, 3.05) is 26.2 Å². The number of nitrogens with zero attached hydrogens (tertiary/aromatic N) is 2. The summed E-state index contributed by atoms with van der Waals surface area (Å²) in [6, 6.07) is 17.7. The zero-order valence-corrected chi connectivity index (χ0v) is 16.6. The maximum Gasteiger partial charge on any atom is 0.227 e. The van der Waals surface area contributed by atoms with Gasteiger partial charge in [0.15, 0.2) is 0 Å². The molecule has 2 atom stereocenters. The Bertz CT molecular complexity index is 837. The topological polar surface area (TPSA) is 40.6 Å². The Morgan fingerprint density at radius 1 is 0.893 bits per heavy atom. The molecule has 2 aromatic rings. The molecule has 0 aromatic heterocycles. The first-order chi connectivity index (χ1) is 13.6. The third-order valence-electron chi connectivity index (χ3n) is 5.76. The van der Waals surface area contributed by atoms with Crippen LogP contribution in [0.15, 0.2) is 54.6 Å². The average Bonchev–Trinajstić information content (AvgIpc) is 3.53. The molecule has 4 nitrogen and oxygen atoms in total. The van der Waals surface area contributed by atoms with Crippen molar-refractivity contribution in [1.82, 2.24) is 9.80 Å². The molecule has 1 aliphatic carbocycles.